The van der Waals surface area contributed by atoms with Gasteiger partial charge in [-0.25, -0.2) is 0 Å². The molecule has 1 aromatic heterocycles. The van der Waals surface area contributed by atoms with Crippen LogP contribution in [-0.2, 0) is 0 Å². The highest BCUT2D eigenvalue weighted by atomic mass is 32.1. The van der Waals surface area contributed by atoms with E-state index in [1.54, 1.807) is 44.6 Å². The molecule has 1 aliphatic rings. The van der Waals surface area contributed by atoms with Crippen LogP contribution in [-0.4, -0.2) is 20.0 Å². The number of hydrogen-bond acceptors (Lipinski definition) is 7. The fourth-order valence-corrected chi connectivity index (χ4v) is 6.22. The monoisotopic (exact) mass is 591 g/mol. The number of carbonyl (C=O) groups excluding carboxylic acids is 1. The molecule has 0 radical (unpaired) electrons. The number of Topliss-reactive ketones (excluding diaryl/α,β-unsaturated/α-hetero) is 1. The molecule has 0 amide bonds. The number of carbonyl (C=O) groups is 1. The molecule has 0 fully saturated rings. The fourth-order valence-electron chi connectivity index (χ4n) is 5.26. The number of hydrogen-bond donors (Lipinski definition) is 0. The highest BCUT2D eigenvalue weighted by Gasteiger charge is 2.32. The summed E-state index contributed by atoms with van der Waals surface area (Å²) in [7, 11) is 3.30. The number of nitrogens with zero attached hydrogens (tertiary/aromatic N) is 3. The number of benzene rings is 4. The van der Waals surface area contributed by atoms with Crippen molar-refractivity contribution in [3.05, 3.63) is 136 Å². The van der Waals surface area contributed by atoms with E-state index < -0.39 is 0 Å². The van der Waals surface area contributed by atoms with Crippen molar-refractivity contribution < 1.29 is 14.3 Å². The van der Waals surface area contributed by atoms with Gasteiger partial charge in [0.15, 0.2) is 5.78 Å². The van der Waals surface area contributed by atoms with Crippen molar-refractivity contribution in [1.82, 2.24) is 0 Å². The number of thiophene rings is 1. The van der Waals surface area contributed by atoms with E-state index in [1.165, 1.54) is 11.3 Å². The van der Waals surface area contributed by atoms with E-state index in [0.29, 0.717) is 22.3 Å². The van der Waals surface area contributed by atoms with E-state index >= 15 is 0 Å². The minimum Gasteiger partial charge on any atom is -0.497 e. The third-order valence-electron chi connectivity index (χ3n) is 7.41. The molecule has 0 bridgehead atoms. The van der Waals surface area contributed by atoms with Gasteiger partial charge in [0, 0.05) is 43.5 Å². The Balaban J connectivity index is 1.33. The highest BCUT2D eigenvalue weighted by Crippen LogP contribution is 2.42. The number of fused-ring (bicyclic) bond motifs is 1. The second-order valence-corrected chi connectivity index (χ2v) is 11.0. The van der Waals surface area contributed by atoms with Gasteiger partial charge in [-0.2, -0.15) is 10.5 Å². The molecule has 0 unspecified atom stereocenters. The molecule has 0 aliphatic heterocycles. The maximum absolute atomic E-state index is 13.3. The molecule has 44 heavy (non-hydrogen) atoms. The summed E-state index contributed by atoms with van der Waals surface area (Å²) in [5.74, 6) is 1.38. The Bertz CT molecular complexity index is 1940. The highest BCUT2D eigenvalue weighted by molar-refractivity contribution is 7.16. The summed E-state index contributed by atoms with van der Waals surface area (Å²) >= 11 is 1.54. The molecule has 7 heteroatoms. The lowest BCUT2D eigenvalue weighted by molar-refractivity contribution is 0.104. The standard InChI is InChI=1S/C37H25N3O3S/c1-42-29-15-11-27(12-16-29)40(28-13-17-30(43-2)18-14-28)26-9-7-24(8-10-26)35-20-19-31(44-35)21-34-36(25(22-38)23-39)32-5-3-4-6-33(32)37(34)41/h3-21H,1-2H3/b34-21-. The van der Waals surface area contributed by atoms with Crippen LogP contribution in [0.15, 0.2) is 120 Å². The van der Waals surface area contributed by atoms with Gasteiger partial charge in [0.05, 0.1) is 14.2 Å². The number of rotatable bonds is 7. The zero-order valence-corrected chi connectivity index (χ0v) is 24.8. The minimum absolute atomic E-state index is 0.0693. The fraction of sp³-hybridized carbons (Fsp3) is 0.0541. The Hall–Kier alpha value is -5.89. The van der Waals surface area contributed by atoms with Crippen LogP contribution in [0.3, 0.4) is 0 Å². The number of nitriles is 2. The quantitative estimate of drug-likeness (QED) is 0.139. The van der Waals surface area contributed by atoms with Crippen LogP contribution in [0.2, 0.25) is 0 Å². The molecule has 5 aromatic rings. The van der Waals surface area contributed by atoms with Gasteiger partial charge < -0.3 is 14.4 Å². The van der Waals surface area contributed by atoms with Crippen molar-refractivity contribution in [1.29, 1.82) is 10.5 Å². The van der Waals surface area contributed by atoms with Crippen LogP contribution in [0.4, 0.5) is 17.1 Å². The van der Waals surface area contributed by atoms with Crippen LogP contribution < -0.4 is 14.4 Å². The molecule has 0 saturated heterocycles. The Morgan fingerprint density at radius 2 is 1.23 bits per heavy atom. The smallest absolute Gasteiger partial charge is 0.194 e. The minimum atomic E-state index is -0.185. The molecule has 4 aromatic carbocycles. The van der Waals surface area contributed by atoms with Gasteiger partial charge in [0.1, 0.15) is 29.2 Å². The predicted octanol–water partition coefficient (Wildman–Crippen LogP) is 8.98. The first kappa shape index (κ1) is 28.2. The van der Waals surface area contributed by atoms with Crippen molar-refractivity contribution in [3.8, 4) is 34.1 Å². The Morgan fingerprint density at radius 3 is 1.75 bits per heavy atom. The molecule has 0 saturated carbocycles. The SMILES string of the molecule is COc1ccc(N(c2ccc(OC)cc2)c2ccc(-c3ccc(/C=C4\C(=O)c5ccccc5C4=C(C#N)C#N)s3)cc2)cc1. The van der Waals surface area contributed by atoms with Crippen LogP contribution in [0.25, 0.3) is 22.1 Å². The van der Waals surface area contributed by atoms with E-state index in [9.17, 15) is 15.3 Å². The maximum atomic E-state index is 13.3. The first-order valence-electron chi connectivity index (χ1n) is 13.7. The van der Waals surface area contributed by atoms with Gasteiger partial charge in [-0.15, -0.1) is 11.3 Å². The molecule has 0 N–H and O–H groups in total. The molecule has 212 valence electrons. The summed E-state index contributed by atoms with van der Waals surface area (Å²) in [5, 5.41) is 19.2. The van der Waals surface area contributed by atoms with Crippen molar-refractivity contribution >= 4 is 45.8 Å². The van der Waals surface area contributed by atoms with E-state index in [-0.39, 0.29) is 11.4 Å². The average Bonchev–Trinajstić information content (AvgIpc) is 3.66. The summed E-state index contributed by atoms with van der Waals surface area (Å²) in [6.07, 6.45) is 1.78. The van der Waals surface area contributed by atoms with Gasteiger partial charge in [-0.3, -0.25) is 4.79 Å². The summed E-state index contributed by atoms with van der Waals surface area (Å²) < 4.78 is 10.7. The molecular weight excluding hydrogens is 566 g/mol. The Kier molecular flexibility index (Phi) is 7.80. The van der Waals surface area contributed by atoms with Crippen LogP contribution in [0, 0.1) is 22.7 Å². The largest absolute Gasteiger partial charge is 0.497 e. The lowest BCUT2D eigenvalue weighted by Crippen LogP contribution is -2.09. The molecule has 6 nitrogen and oxygen atoms in total. The lowest BCUT2D eigenvalue weighted by Gasteiger charge is -2.26. The normalized spacial score (nSPS) is 12.8. The first-order chi connectivity index (χ1) is 21.5. The Labute approximate surface area is 259 Å². The molecule has 0 atom stereocenters. The van der Waals surface area contributed by atoms with Crippen LogP contribution in [0.5, 0.6) is 11.5 Å². The van der Waals surface area contributed by atoms with Gasteiger partial charge in [-0.1, -0.05) is 36.4 Å². The van der Waals surface area contributed by atoms with Gasteiger partial charge in [-0.05, 0) is 90.0 Å². The molecule has 1 heterocycles. The third kappa shape index (κ3) is 5.25. The van der Waals surface area contributed by atoms with Crippen molar-refractivity contribution in [2.45, 2.75) is 0 Å². The maximum Gasteiger partial charge on any atom is 0.194 e. The summed E-state index contributed by atoms with van der Waals surface area (Å²) in [6, 6.07) is 39.1. The second-order valence-electron chi connectivity index (χ2n) is 9.89. The number of methoxy groups -OCH3 is 2. The van der Waals surface area contributed by atoms with Gasteiger partial charge in [0.2, 0.25) is 0 Å². The third-order valence-corrected chi connectivity index (χ3v) is 8.49. The van der Waals surface area contributed by atoms with Crippen LogP contribution >= 0.6 is 11.3 Å². The van der Waals surface area contributed by atoms with E-state index in [2.05, 4.69) is 29.2 Å². The molecule has 6 rings (SSSR count). The number of ketones is 1. The number of anilines is 3. The van der Waals surface area contributed by atoms with Gasteiger partial charge >= 0.3 is 0 Å². The van der Waals surface area contributed by atoms with Crippen molar-refractivity contribution in [3.63, 3.8) is 0 Å². The predicted molar refractivity (Wildman–Crippen MR) is 174 cm³/mol. The second kappa shape index (κ2) is 12.1. The van der Waals surface area contributed by atoms with Gasteiger partial charge in [0.25, 0.3) is 0 Å². The average molecular weight is 592 g/mol. The topological polar surface area (TPSA) is 86.3 Å². The molecule has 0 spiro atoms. The van der Waals surface area contributed by atoms with E-state index in [0.717, 1.165) is 43.9 Å². The van der Waals surface area contributed by atoms with Crippen LogP contribution in [0.1, 0.15) is 20.8 Å². The zero-order chi connectivity index (χ0) is 30.6. The summed E-state index contributed by atoms with van der Waals surface area (Å²) in [5.41, 5.74) is 5.78. The van der Waals surface area contributed by atoms with E-state index in [1.807, 2.05) is 72.8 Å². The molecular formula is C37H25N3O3S. The Morgan fingerprint density at radius 1 is 0.705 bits per heavy atom. The van der Waals surface area contributed by atoms with Crippen molar-refractivity contribution in [2.75, 3.05) is 19.1 Å². The lowest BCUT2D eigenvalue weighted by atomic mass is 9.99. The van der Waals surface area contributed by atoms with E-state index in [4.69, 9.17) is 9.47 Å². The first-order valence-corrected chi connectivity index (χ1v) is 14.6. The zero-order valence-electron chi connectivity index (χ0n) is 23.9. The summed E-state index contributed by atoms with van der Waals surface area (Å²) in [6.45, 7) is 0. The number of ether oxygens (including phenoxy) is 2. The summed E-state index contributed by atoms with van der Waals surface area (Å²) in [4.78, 5) is 17.3. The van der Waals surface area contributed by atoms with Crippen molar-refractivity contribution in [2.24, 2.45) is 0 Å². The number of allylic oxidation sites excluding steroid dienone is 3. The molecule has 1 aliphatic carbocycles.